The van der Waals surface area contributed by atoms with E-state index in [0.717, 1.165) is 12.8 Å². The smallest absolute Gasteiger partial charge is 0.224 e. The standard InChI is InChI=1S/C7H14N2O/c1-6(2,5(8)10)7(9)3-4-7/h3-4,9H2,1-2H3,(H2,8,10). The molecular weight excluding hydrogens is 128 g/mol. The average Bonchev–Trinajstić information content (AvgIpc) is 2.48. The second-order valence-electron chi connectivity index (χ2n) is 3.65. The number of carbonyl (C=O) groups excluding carboxylic acids is 1. The Morgan fingerprint density at radius 2 is 1.90 bits per heavy atom. The van der Waals surface area contributed by atoms with Crippen molar-refractivity contribution in [3.05, 3.63) is 0 Å². The van der Waals surface area contributed by atoms with Crippen molar-refractivity contribution in [3.63, 3.8) is 0 Å². The maximum atomic E-state index is 10.8. The lowest BCUT2D eigenvalue weighted by molar-refractivity contribution is -0.127. The number of hydrogen-bond acceptors (Lipinski definition) is 2. The number of nitrogens with two attached hydrogens (primary N) is 2. The molecule has 0 atom stereocenters. The van der Waals surface area contributed by atoms with Crippen molar-refractivity contribution in [2.45, 2.75) is 32.2 Å². The fourth-order valence-electron chi connectivity index (χ4n) is 1.01. The molecule has 1 amide bonds. The van der Waals surface area contributed by atoms with Gasteiger partial charge in [-0.2, -0.15) is 0 Å². The summed E-state index contributed by atoms with van der Waals surface area (Å²) in [5.74, 6) is -0.299. The molecule has 1 rings (SSSR count). The predicted octanol–water partition coefficient (Wildman–Crippen LogP) is -0.0108. The van der Waals surface area contributed by atoms with Crippen molar-refractivity contribution in [2.75, 3.05) is 0 Å². The minimum Gasteiger partial charge on any atom is -0.369 e. The van der Waals surface area contributed by atoms with Gasteiger partial charge in [-0.3, -0.25) is 4.79 Å². The molecule has 3 heteroatoms. The van der Waals surface area contributed by atoms with E-state index in [1.165, 1.54) is 0 Å². The Morgan fingerprint density at radius 3 is 2.00 bits per heavy atom. The molecule has 0 aromatic heterocycles. The average molecular weight is 142 g/mol. The Bertz CT molecular complexity index is 170. The van der Waals surface area contributed by atoms with Crippen LogP contribution in [0.5, 0.6) is 0 Å². The lowest BCUT2D eigenvalue weighted by Crippen LogP contribution is -2.48. The van der Waals surface area contributed by atoms with Crippen molar-refractivity contribution >= 4 is 5.91 Å². The van der Waals surface area contributed by atoms with Crippen LogP contribution >= 0.6 is 0 Å². The van der Waals surface area contributed by atoms with Crippen LogP contribution in [0.2, 0.25) is 0 Å². The first-order chi connectivity index (χ1) is 4.40. The van der Waals surface area contributed by atoms with Gasteiger partial charge in [0.2, 0.25) is 5.91 Å². The summed E-state index contributed by atoms with van der Waals surface area (Å²) in [6.07, 6.45) is 1.84. The van der Waals surface area contributed by atoms with Crippen molar-refractivity contribution in [1.82, 2.24) is 0 Å². The number of carbonyl (C=O) groups is 1. The molecule has 3 nitrogen and oxygen atoms in total. The van der Waals surface area contributed by atoms with Gasteiger partial charge in [0, 0.05) is 5.54 Å². The van der Waals surface area contributed by atoms with Gasteiger partial charge < -0.3 is 11.5 Å². The maximum absolute atomic E-state index is 10.8. The van der Waals surface area contributed by atoms with Gasteiger partial charge in [-0.25, -0.2) is 0 Å². The molecule has 0 heterocycles. The Hall–Kier alpha value is -0.570. The Labute approximate surface area is 60.8 Å². The molecule has 0 aliphatic heterocycles. The van der Waals surface area contributed by atoms with E-state index >= 15 is 0 Å². The Balaban J connectivity index is 2.77. The molecule has 4 N–H and O–H groups in total. The SMILES string of the molecule is CC(C)(C(N)=O)C1(N)CC1. The quantitative estimate of drug-likeness (QED) is 0.569. The second kappa shape index (κ2) is 1.72. The predicted molar refractivity (Wildman–Crippen MR) is 39.1 cm³/mol. The maximum Gasteiger partial charge on any atom is 0.224 e. The minimum atomic E-state index is -0.535. The fourth-order valence-corrected chi connectivity index (χ4v) is 1.01. The molecule has 0 aromatic rings. The van der Waals surface area contributed by atoms with Crippen LogP contribution in [0.4, 0.5) is 0 Å². The van der Waals surface area contributed by atoms with Gasteiger partial charge in [-0.15, -0.1) is 0 Å². The summed E-state index contributed by atoms with van der Waals surface area (Å²) in [4.78, 5) is 10.8. The van der Waals surface area contributed by atoms with Crippen LogP contribution in [0, 0.1) is 5.41 Å². The molecule has 0 bridgehead atoms. The van der Waals surface area contributed by atoms with E-state index < -0.39 is 5.41 Å². The first-order valence-electron chi connectivity index (χ1n) is 3.49. The minimum absolute atomic E-state index is 0.299. The first kappa shape index (κ1) is 7.54. The van der Waals surface area contributed by atoms with Crippen molar-refractivity contribution in [3.8, 4) is 0 Å². The summed E-state index contributed by atoms with van der Waals surface area (Å²) in [5, 5.41) is 0. The van der Waals surface area contributed by atoms with Gasteiger partial charge >= 0.3 is 0 Å². The van der Waals surface area contributed by atoms with Gasteiger partial charge in [0.05, 0.1) is 5.41 Å². The van der Waals surface area contributed by atoms with E-state index in [4.69, 9.17) is 11.5 Å². The Kier molecular flexibility index (Phi) is 1.30. The van der Waals surface area contributed by atoms with Crippen LogP contribution in [0.15, 0.2) is 0 Å². The van der Waals surface area contributed by atoms with Gasteiger partial charge in [0.1, 0.15) is 0 Å². The molecule has 1 aliphatic rings. The fraction of sp³-hybridized carbons (Fsp3) is 0.857. The van der Waals surface area contributed by atoms with Crippen molar-refractivity contribution < 1.29 is 4.79 Å². The third kappa shape index (κ3) is 0.814. The molecule has 1 saturated carbocycles. The molecule has 1 aliphatic carbocycles. The Morgan fingerprint density at radius 1 is 1.50 bits per heavy atom. The van der Waals surface area contributed by atoms with Crippen LogP contribution in [-0.2, 0) is 4.79 Å². The molecule has 1 fully saturated rings. The van der Waals surface area contributed by atoms with E-state index in [9.17, 15) is 4.79 Å². The van der Waals surface area contributed by atoms with E-state index in [2.05, 4.69) is 0 Å². The normalized spacial score (nSPS) is 22.3. The van der Waals surface area contributed by atoms with Crippen molar-refractivity contribution in [2.24, 2.45) is 16.9 Å². The third-order valence-corrected chi connectivity index (χ3v) is 2.65. The second-order valence-corrected chi connectivity index (χ2v) is 3.65. The summed E-state index contributed by atoms with van der Waals surface area (Å²) in [6.45, 7) is 3.62. The molecular formula is C7H14N2O. The third-order valence-electron chi connectivity index (χ3n) is 2.65. The lowest BCUT2D eigenvalue weighted by Gasteiger charge is -2.27. The van der Waals surface area contributed by atoms with E-state index in [1.54, 1.807) is 0 Å². The van der Waals surface area contributed by atoms with Crippen molar-refractivity contribution in [1.29, 1.82) is 0 Å². The largest absolute Gasteiger partial charge is 0.369 e. The summed E-state index contributed by atoms with van der Waals surface area (Å²) >= 11 is 0. The highest BCUT2D eigenvalue weighted by Crippen LogP contribution is 2.47. The van der Waals surface area contributed by atoms with E-state index in [-0.39, 0.29) is 11.4 Å². The van der Waals surface area contributed by atoms with E-state index in [1.807, 2.05) is 13.8 Å². The molecule has 58 valence electrons. The highest BCUT2D eigenvalue weighted by molar-refractivity contribution is 5.82. The highest BCUT2D eigenvalue weighted by atomic mass is 16.1. The van der Waals surface area contributed by atoms with Gasteiger partial charge in [-0.1, -0.05) is 0 Å². The molecule has 10 heavy (non-hydrogen) atoms. The number of rotatable bonds is 2. The van der Waals surface area contributed by atoms with Crippen LogP contribution < -0.4 is 11.5 Å². The summed E-state index contributed by atoms with van der Waals surface area (Å²) < 4.78 is 0. The zero-order valence-electron chi connectivity index (χ0n) is 6.48. The number of hydrogen-bond donors (Lipinski definition) is 2. The van der Waals surface area contributed by atoms with Crippen LogP contribution in [0.1, 0.15) is 26.7 Å². The first-order valence-corrected chi connectivity index (χ1v) is 3.49. The summed E-state index contributed by atoms with van der Waals surface area (Å²) in [7, 11) is 0. The molecule has 0 saturated heterocycles. The van der Waals surface area contributed by atoms with Crippen LogP contribution in [0.25, 0.3) is 0 Å². The van der Waals surface area contributed by atoms with Gasteiger partial charge in [-0.05, 0) is 26.7 Å². The van der Waals surface area contributed by atoms with Crippen LogP contribution in [0.3, 0.4) is 0 Å². The number of amides is 1. The zero-order valence-corrected chi connectivity index (χ0v) is 6.48. The molecule has 0 radical (unpaired) electrons. The van der Waals surface area contributed by atoms with Gasteiger partial charge in [0.15, 0.2) is 0 Å². The topological polar surface area (TPSA) is 69.1 Å². The van der Waals surface area contributed by atoms with Crippen LogP contribution in [-0.4, -0.2) is 11.4 Å². The molecule has 0 unspecified atom stereocenters. The summed E-state index contributed by atoms with van der Waals surface area (Å²) in [5.41, 5.74) is 10.2. The lowest BCUT2D eigenvalue weighted by atomic mass is 9.82. The monoisotopic (exact) mass is 142 g/mol. The highest BCUT2D eigenvalue weighted by Gasteiger charge is 2.54. The molecule has 0 spiro atoms. The zero-order chi connectivity index (χ0) is 7.99. The van der Waals surface area contributed by atoms with Gasteiger partial charge in [0.25, 0.3) is 0 Å². The van der Waals surface area contributed by atoms with E-state index in [0.29, 0.717) is 0 Å². The molecule has 0 aromatic carbocycles. The summed E-state index contributed by atoms with van der Waals surface area (Å²) in [6, 6.07) is 0. The number of primary amides is 1.